The summed E-state index contributed by atoms with van der Waals surface area (Å²) in [5.74, 6) is 0.840. The fourth-order valence-electron chi connectivity index (χ4n) is 6.42. The van der Waals surface area contributed by atoms with Crippen LogP contribution in [0.2, 0.25) is 5.02 Å². The first-order chi connectivity index (χ1) is 25.1. The first-order valence-corrected chi connectivity index (χ1v) is 17.2. The third-order valence-electron chi connectivity index (χ3n) is 9.28. The minimum Gasteiger partial charge on any atom is -0.497 e. The molecular weight excluding hydrogens is 685 g/mol. The van der Waals surface area contributed by atoms with Crippen molar-refractivity contribution in [2.75, 3.05) is 46.9 Å². The third kappa shape index (κ3) is 7.76. The first-order valence-electron chi connectivity index (χ1n) is 16.8. The lowest BCUT2D eigenvalue weighted by Gasteiger charge is -2.38. The fourth-order valence-corrected chi connectivity index (χ4v) is 6.54. The molecule has 2 aliphatic heterocycles. The molecule has 12 nitrogen and oxygen atoms in total. The number of carbonyl (C=O) groups is 3. The summed E-state index contributed by atoms with van der Waals surface area (Å²) in [6.07, 6.45) is 0. The van der Waals surface area contributed by atoms with Gasteiger partial charge in [0.2, 0.25) is 5.91 Å². The number of rotatable bonds is 10. The van der Waals surface area contributed by atoms with Crippen LogP contribution in [0.4, 0.5) is 4.79 Å². The summed E-state index contributed by atoms with van der Waals surface area (Å²) in [5.41, 5.74) is 4.03. The van der Waals surface area contributed by atoms with E-state index in [-0.39, 0.29) is 56.0 Å². The maximum absolute atomic E-state index is 14.8. The Morgan fingerprint density at radius 2 is 1.62 bits per heavy atom. The Balaban J connectivity index is 1.25. The van der Waals surface area contributed by atoms with Crippen molar-refractivity contribution in [2.24, 2.45) is 4.99 Å². The molecule has 6 rings (SSSR count). The molecule has 4 aromatic rings. The van der Waals surface area contributed by atoms with Gasteiger partial charge >= 0.3 is 13.1 Å². The number of carbonyl (C=O) groups excluding carboxylic acids is 3. The van der Waals surface area contributed by atoms with Gasteiger partial charge in [0.15, 0.2) is 0 Å². The van der Waals surface area contributed by atoms with E-state index in [1.807, 2.05) is 49.4 Å². The predicted octanol–water partition coefficient (Wildman–Crippen LogP) is 3.58. The summed E-state index contributed by atoms with van der Waals surface area (Å²) in [6.45, 7) is 2.82. The Kier molecular flexibility index (Phi) is 11.1. The van der Waals surface area contributed by atoms with Crippen LogP contribution >= 0.6 is 11.6 Å². The Morgan fingerprint density at radius 1 is 0.923 bits per heavy atom. The van der Waals surface area contributed by atoms with E-state index in [9.17, 15) is 24.4 Å². The van der Waals surface area contributed by atoms with Gasteiger partial charge in [0.05, 0.1) is 25.8 Å². The van der Waals surface area contributed by atoms with E-state index < -0.39 is 19.2 Å². The highest BCUT2D eigenvalue weighted by Gasteiger charge is 2.45. The molecule has 14 heteroatoms. The quantitative estimate of drug-likeness (QED) is 0.212. The van der Waals surface area contributed by atoms with E-state index in [1.165, 1.54) is 29.2 Å². The van der Waals surface area contributed by atoms with Crippen LogP contribution in [0.15, 0.2) is 96.0 Å². The number of methoxy groups -OCH3 is 2. The number of halogens is 1. The Labute approximate surface area is 307 Å². The summed E-state index contributed by atoms with van der Waals surface area (Å²) in [7, 11) is 1.49. The van der Waals surface area contributed by atoms with Crippen molar-refractivity contribution in [3.05, 3.63) is 124 Å². The molecule has 0 radical (unpaired) electrons. The van der Waals surface area contributed by atoms with E-state index in [0.717, 1.165) is 16.7 Å². The summed E-state index contributed by atoms with van der Waals surface area (Å²) >= 11 is 6.31. The molecular formula is C38H39BClN5O7. The average molecular weight is 724 g/mol. The normalized spacial score (nSPS) is 17.2. The second-order valence-electron chi connectivity index (χ2n) is 12.6. The smallest absolute Gasteiger partial charge is 0.488 e. The summed E-state index contributed by atoms with van der Waals surface area (Å²) in [5, 5.41) is 21.9. The highest BCUT2D eigenvalue weighted by Crippen LogP contribution is 2.45. The van der Waals surface area contributed by atoms with Crippen molar-refractivity contribution in [1.29, 1.82) is 0 Å². The highest BCUT2D eigenvalue weighted by atomic mass is 35.5. The Bertz CT molecular complexity index is 1960. The number of urea groups is 1. The molecule has 0 unspecified atom stereocenters. The van der Waals surface area contributed by atoms with Crippen molar-refractivity contribution in [3.8, 4) is 11.5 Å². The van der Waals surface area contributed by atoms with Crippen LogP contribution in [-0.2, 0) is 4.79 Å². The fraction of sp³-hybridized carbons (Fsp3) is 0.263. The van der Waals surface area contributed by atoms with Crippen molar-refractivity contribution in [1.82, 2.24) is 20.0 Å². The zero-order valence-electron chi connectivity index (χ0n) is 29.0. The number of nitrogens with one attached hydrogen (secondary N) is 1. The van der Waals surface area contributed by atoms with Crippen LogP contribution in [0, 0.1) is 6.92 Å². The monoisotopic (exact) mass is 723 g/mol. The third-order valence-corrected chi connectivity index (χ3v) is 9.53. The molecule has 1 fully saturated rings. The largest absolute Gasteiger partial charge is 0.497 e. The van der Waals surface area contributed by atoms with Gasteiger partial charge < -0.3 is 34.6 Å². The molecule has 0 saturated carbocycles. The summed E-state index contributed by atoms with van der Waals surface area (Å²) in [4.78, 5) is 50.9. The summed E-state index contributed by atoms with van der Waals surface area (Å²) < 4.78 is 11.2. The maximum atomic E-state index is 14.8. The summed E-state index contributed by atoms with van der Waals surface area (Å²) in [6, 6.07) is 25.2. The molecule has 4 aromatic carbocycles. The first kappa shape index (κ1) is 36.4. The van der Waals surface area contributed by atoms with Gasteiger partial charge in [-0.1, -0.05) is 65.7 Å². The molecule has 0 aromatic heterocycles. The number of nitrogens with zero attached hydrogens (tertiary/aromatic N) is 4. The minimum absolute atomic E-state index is 0.163. The van der Waals surface area contributed by atoms with E-state index >= 15 is 0 Å². The van der Waals surface area contributed by atoms with Gasteiger partial charge in [-0.3, -0.25) is 19.5 Å². The lowest BCUT2D eigenvalue weighted by molar-refractivity contribution is -0.134. The van der Waals surface area contributed by atoms with Gasteiger partial charge in [-0.25, -0.2) is 4.79 Å². The average Bonchev–Trinajstić information content (AvgIpc) is 3.55. The molecule has 52 heavy (non-hydrogen) atoms. The number of benzene rings is 4. The second-order valence-corrected chi connectivity index (χ2v) is 13.0. The number of ether oxygens (including phenoxy) is 2. The molecule has 268 valence electrons. The van der Waals surface area contributed by atoms with E-state index in [2.05, 4.69) is 5.32 Å². The topological polar surface area (TPSA) is 144 Å². The lowest BCUT2D eigenvalue weighted by atomic mass is 9.80. The van der Waals surface area contributed by atoms with Gasteiger partial charge in [-0.15, -0.1) is 0 Å². The predicted molar refractivity (Wildman–Crippen MR) is 198 cm³/mol. The number of hydrogen-bond acceptors (Lipinski definition) is 8. The maximum Gasteiger partial charge on any atom is 0.488 e. The molecule has 0 bridgehead atoms. The van der Waals surface area contributed by atoms with Crippen molar-refractivity contribution in [3.63, 3.8) is 0 Å². The number of hydrogen-bond donors (Lipinski definition) is 3. The van der Waals surface area contributed by atoms with Crippen LogP contribution < -0.4 is 20.3 Å². The molecule has 3 N–H and O–H groups in total. The number of amidine groups is 1. The number of aryl methyl sites for hydroxylation is 1. The zero-order chi connectivity index (χ0) is 36.9. The van der Waals surface area contributed by atoms with Gasteiger partial charge in [0, 0.05) is 42.8 Å². The van der Waals surface area contributed by atoms with Gasteiger partial charge in [-0.2, -0.15) is 0 Å². The molecule has 2 heterocycles. The van der Waals surface area contributed by atoms with E-state index in [1.54, 1.807) is 48.3 Å². The second kappa shape index (κ2) is 15.9. The zero-order valence-corrected chi connectivity index (χ0v) is 29.8. The number of amides is 4. The molecule has 0 spiro atoms. The number of piperazine rings is 1. The molecule has 2 atom stereocenters. The van der Waals surface area contributed by atoms with Crippen molar-refractivity contribution < 1.29 is 33.9 Å². The van der Waals surface area contributed by atoms with E-state index in [0.29, 0.717) is 33.5 Å². The molecule has 0 aliphatic carbocycles. The molecule has 4 amide bonds. The Morgan fingerprint density at radius 3 is 2.25 bits per heavy atom. The van der Waals surface area contributed by atoms with Crippen LogP contribution in [0.3, 0.4) is 0 Å². The lowest BCUT2D eigenvalue weighted by Crippen LogP contribution is -2.57. The van der Waals surface area contributed by atoms with Crippen LogP contribution in [0.5, 0.6) is 11.5 Å². The minimum atomic E-state index is -1.62. The van der Waals surface area contributed by atoms with Crippen LogP contribution in [0.1, 0.15) is 44.7 Å². The van der Waals surface area contributed by atoms with Crippen molar-refractivity contribution in [2.45, 2.75) is 19.0 Å². The van der Waals surface area contributed by atoms with E-state index in [4.69, 9.17) is 26.1 Å². The molecule has 1 saturated heterocycles. The Hall–Kier alpha value is -5.37. The SMILES string of the molecule is COc1ccc(C2=N[C@@H](c3ccc(C)cc3)[C@@H](c3ccc(Cl)cc3)N2C(=O)N2CCN(CCNC(=O)c3ccc(B(O)O)cc3)C(=O)C2)c(OC)c1. The standard InChI is InChI=1S/C38H39BClN5O7/c1-24-4-6-25(7-5-24)34-35(26-10-14-29(40)15-11-26)45(36(42-34)31-17-16-30(51-2)22-32(31)52-3)38(48)44-21-20-43(33(46)23-44)19-18-41-37(47)27-8-12-28(13-9-27)39(49)50/h4-17,22,34-35,49-50H,18-21,23H2,1-3H3,(H,41,47)/t34-,35+/m0/s1. The highest BCUT2D eigenvalue weighted by molar-refractivity contribution is 6.58. The number of aliphatic imine (C=N–C) groups is 1. The van der Waals surface area contributed by atoms with Crippen molar-refractivity contribution >= 4 is 47.9 Å². The van der Waals surface area contributed by atoms with Gasteiger partial charge in [0.1, 0.15) is 29.9 Å². The van der Waals surface area contributed by atoms with Gasteiger partial charge in [0.25, 0.3) is 5.91 Å². The molecule has 2 aliphatic rings. The van der Waals surface area contributed by atoms with Crippen LogP contribution in [-0.4, -0.2) is 102 Å². The van der Waals surface area contributed by atoms with Gasteiger partial charge in [-0.05, 0) is 59.9 Å². The van der Waals surface area contributed by atoms with Crippen LogP contribution in [0.25, 0.3) is 0 Å².